The van der Waals surface area contributed by atoms with Crippen LogP contribution in [0.3, 0.4) is 0 Å². The zero-order valence-electron chi connectivity index (χ0n) is 17.8. The van der Waals surface area contributed by atoms with E-state index in [0.29, 0.717) is 12.5 Å². The van der Waals surface area contributed by atoms with Crippen molar-refractivity contribution in [2.45, 2.75) is 13.0 Å². The van der Waals surface area contributed by atoms with Gasteiger partial charge in [-0.15, -0.1) is 0 Å². The van der Waals surface area contributed by atoms with Crippen LogP contribution in [0.15, 0.2) is 48.8 Å². The molecule has 3 heterocycles. The van der Waals surface area contributed by atoms with Crippen molar-refractivity contribution in [1.82, 2.24) is 19.7 Å². The van der Waals surface area contributed by atoms with E-state index in [1.54, 1.807) is 14.2 Å². The van der Waals surface area contributed by atoms with E-state index in [0.717, 1.165) is 52.6 Å². The van der Waals surface area contributed by atoms with Gasteiger partial charge in [0.25, 0.3) is 6.47 Å². The van der Waals surface area contributed by atoms with Crippen LogP contribution in [-0.4, -0.2) is 52.2 Å². The lowest BCUT2D eigenvalue weighted by Gasteiger charge is -2.27. The molecule has 5 rings (SSSR count). The summed E-state index contributed by atoms with van der Waals surface area (Å²) in [5.74, 6) is 3.62. The Labute approximate surface area is 184 Å². The highest BCUT2D eigenvalue weighted by molar-refractivity contribution is 5.92. The van der Waals surface area contributed by atoms with Crippen molar-refractivity contribution in [3.8, 4) is 28.8 Å². The quantitative estimate of drug-likeness (QED) is 0.461. The minimum absolute atomic E-state index is 0.250. The largest absolute Gasteiger partial charge is 0.497 e. The highest BCUT2D eigenvalue weighted by Gasteiger charge is 2.24. The number of H-pyrrole nitrogens is 1. The van der Waals surface area contributed by atoms with Gasteiger partial charge in [-0.25, -0.2) is 4.98 Å². The third-order valence-electron chi connectivity index (χ3n) is 5.40. The van der Waals surface area contributed by atoms with Crippen LogP contribution in [-0.2, 0) is 17.8 Å². The molecule has 0 spiro atoms. The third kappa shape index (κ3) is 4.09. The minimum atomic E-state index is -0.250. The second kappa shape index (κ2) is 9.42. The van der Waals surface area contributed by atoms with Gasteiger partial charge < -0.3 is 23.9 Å². The van der Waals surface area contributed by atoms with E-state index in [9.17, 15) is 0 Å². The highest BCUT2D eigenvalue weighted by atomic mass is 16.5. The van der Waals surface area contributed by atoms with E-state index in [1.807, 2.05) is 42.7 Å². The van der Waals surface area contributed by atoms with E-state index in [-0.39, 0.29) is 6.47 Å². The first-order chi connectivity index (χ1) is 15.7. The number of aromatic nitrogens is 4. The number of fused-ring (bicyclic) bond motifs is 2. The first-order valence-corrected chi connectivity index (χ1v) is 10.1. The molecule has 1 aliphatic heterocycles. The normalized spacial score (nSPS) is 14.6. The summed E-state index contributed by atoms with van der Waals surface area (Å²) in [5, 5.41) is 15.5. The van der Waals surface area contributed by atoms with Gasteiger partial charge in [0, 0.05) is 30.2 Å². The number of para-hydroxylation sites is 1. The number of rotatable bonds is 5. The smallest absolute Gasteiger partial charge is 0.290 e. The molecule has 0 radical (unpaired) electrons. The predicted octanol–water partition coefficient (Wildman–Crippen LogP) is 3.40. The predicted molar refractivity (Wildman–Crippen MR) is 118 cm³/mol. The molecule has 166 valence electrons. The maximum atomic E-state index is 8.36. The summed E-state index contributed by atoms with van der Waals surface area (Å²) in [4.78, 5) is 12.9. The van der Waals surface area contributed by atoms with Gasteiger partial charge >= 0.3 is 0 Å². The maximum absolute atomic E-state index is 8.36. The molecule has 32 heavy (non-hydrogen) atoms. The molecule has 2 aromatic heterocycles. The Hall–Kier alpha value is -4.01. The average molecular weight is 436 g/mol. The van der Waals surface area contributed by atoms with E-state index in [4.69, 9.17) is 24.1 Å². The molecular weight excluding hydrogens is 412 g/mol. The Kier molecular flexibility index (Phi) is 6.25. The molecule has 0 amide bonds. The first kappa shape index (κ1) is 21.2. The average Bonchev–Trinajstić information content (AvgIpc) is 3.44. The summed E-state index contributed by atoms with van der Waals surface area (Å²) in [5.41, 5.74) is 2.96. The summed E-state index contributed by atoms with van der Waals surface area (Å²) in [6.45, 7) is 1.18. The van der Waals surface area contributed by atoms with Crippen molar-refractivity contribution in [3.05, 3.63) is 54.4 Å². The van der Waals surface area contributed by atoms with Crippen molar-refractivity contribution in [1.29, 1.82) is 0 Å². The van der Waals surface area contributed by atoms with Crippen LogP contribution in [0.2, 0.25) is 0 Å². The number of imidazole rings is 1. The van der Waals surface area contributed by atoms with Gasteiger partial charge in [-0.1, -0.05) is 12.1 Å². The SMILES string of the molecule is COc1ccc2[nH]nc(-c3nccn3CC3COc4c(cccc4OC)C3)c2c1.O=CO. The zero-order valence-corrected chi connectivity index (χ0v) is 17.8. The van der Waals surface area contributed by atoms with Crippen LogP contribution >= 0.6 is 0 Å². The Morgan fingerprint density at radius 1 is 1.28 bits per heavy atom. The summed E-state index contributed by atoms with van der Waals surface area (Å²) < 4.78 is 19.0. The first-order valence-electron chi connectivity index (χ1n) is 10.1. The molecule has 0 saturated carbocycles. The number of carbonyl (C=O) groups is 1. The van der Waals surface area contributed by atoms with Crippen molar-refractivity contribution < 1.29 is 24.1 Å². The van der Waals surface area contributed by atoms with Crippen molar-refractivity contribution >= 4 is 17.4 Å². The molecule has 4 aromatic rings. The van der Waals surface area contributed by atoms with Gasteiger partial charge in [-0.3, -0.25) is 9.89 Å². The molecule has 1 atom stereocenters. The molecular formula is C23H24N4O5. The molecule has 1 unspecified atom stereocenters. The van der Waals surface area contributed by atoms with Crippen molar-refractivity contribution in [2.75, 3.05) is 20.8 Å². The fourth-order valence-corrected chi connectivity index (χ4v) is 3.98. The highest BCUT2D eigenvalue weighted by Crippen LogP contribution is 2.37. The number of hydrogen-bond donors (Lipinski definition) is 2. The molecule has 1 aliphatic rings. The van der Waals surface area contributed by atoms with Crippen molar-refractivity contribution in [2.24, 2.45) is 5.92 Å². The number of ether oxygens (including phenoxy) is 3. The Balaban J connectivity index is 0.000000775. The topological polar surface area (TPSA) is 111 Å². The van der Waals surface area contributed by atoms with E-state index < -0.39 is 0 Å². The second-order valence-corrected chi connectivity index (χ2v) is 7.32. The lowest BCUT2D eigenvalue weighted by molar-refractivity contribution is -0.122. The van der Waals surface area contributed by atoms with Crippen LogP contribution in [0.5, 0.6) is 17.2 Å². The molecule has 0 saturated heterocycles. The van der Waals surface area contributed by atoms with E-state index in [1.165, 1.54) is 5.56 Å². The number of carboxylic acid groups (broad SMARTS) is 1. The lowest BCUT2D eigenvalue weighted by atomic mass is 9.96. The molecule has 2 N–H and O–H groups in total. The van der Waals surface area contributed by atoms with Gasteiger partial charge in [0.05, 0.1) is 26.3 Å². The summed E-state index contributed by atoms with van der Waals surface area (Å²) in [7, 11) is 3.34. The fraction of sp³-hybridized carbons (Fsp3) is 0.261. The Morgan fingerprint density at radius 3 is 2.91 bits per heavy atom. The fourth-order valence-electron chi connectivity index (χ4n) is 3.98. The summed E-state index contributed by atoms with van der Waals surface area (Å²) in [6, 6.07) is 11.9. The zero-order chi connectivity index (χ0) is 22.5. The van der Waals surface area contributed by atoms with Gasteiger partial charge in [0.1, 0.15) is 11.4 Å². The van der Waals surface area contributed by atoms with Crippen LogP contribution in [0, 0.1) is 5.92 Å². The summed E-state index contributed by atoms with van der Waals surface area (Å²) in [6.07, 6.45) is 4.74. The minimum Gasteiger partial charge on any atom is -0.497 e. The molecule has 0 bridgehead atoms. The van der Waals surface area contributed by atoms with Crippen LogP contribution in [0.25, 0.3) is 22.4 Å². The van der Waals surface area contributed by atoms with Crippen molar-refractivity contribution in [3.63, 3.8) is 0 Å². The van der Waals surface area contributed by atoms with Crippen LogP contribution in [0.4, 0.5) is 0 Å². The molecule has 9 heteroatoms. The van der Waals surface area contributed by atoms with Gasteiger partial charge in [0.2, 0.25) is 0 Å². The molecule has 0 fully saturated rings. The maximum Gasteiger partial charge on any atom is 0.290 e. The van der Waals surface area contributed by atoms with Gasteiger partial charge in [0.15, 0.2) is 17.3 Å². The monoisotopic (exact) mass is 436 g/mol. The van der Waals surface area contributed by atoms with Gasteiger partial charge in [-0.2, -0.15) is 5.10 Å². The lowest BCUT2D eigenvalue weighted by Crippen LogP contribution is -2.25. The number of aromatic amines is 1. The summed E-state index contributed by atoms with van der Waals surface area (Å²) >= 11 is 0. The standard InChI is InChI=1S/C22H22N4O3.CH2O2/c1-27-16-6-7-18-17(11-16)20(25-24-18)22-23-8-9-26(22)12-14-10-15-4-3-5-19(28-2)21(15)29-13-14;2-1-3/h3-9,11,14H,10,12-13H2,1-2H3,(H,24,25);1H,(H,2,3). The number of benzene rings is 2. The number of nitrogens with zero attached hydrogens (tertiary/aromatic N) is 3. The van der Waals surface area contributed by atoms with Gasteiger partial charge in [-0.05, 0) is 36.2 Å². The van der Waals surface area contributed by atoms with E-state index >= 15 is 0 Å². The third-order valence-corrected chi connectivity index (χ3v) is 5.40. The Morgan fingerprint density at radius 2 is 2.12 bits per heavy atom. The number of methoxy groups -OCH3 is 2. The molecule has 0 aliphatic carbocycles. The van der Waals surface area contributed by atoms with Crippen LogP contribution in [0.1, 0.15) is 5.56 Å². The Bertz CT molecular complexity index is 1220. The number of hydrogen-bond acceptors (Lipinski definition) is 6. The van der Waals surface area contributed by atoms with Crippen LogP contribution < -0.4 is 14.2 Å². The van der Waals surface area contributed by atoms with E-state index in [2.05, 4.69) is 25.8 Å². The molecule has 2 aromatic carbocycles. The second-order valence-electron chi connectivity index (χ2n) is 7.32. The number of nitrogens with one attached hydrogen (secondary N) is 1. The molecule has 9 nitrogen and oxygen atoms in total.